The van der Waals surface area contributed by atoms with Crippen LogP contribution in [0.1, 0.15) is 16.2 Å². The molecule has 2 N–H and O–H groups in total. The summed E-state index contributed by atoms with van der Waals surface area (Å²) < 4.78 is 0. The Bertz CT molecular complexity index is 552. The highest BCUT2D eigenvalue weighted by atomic mass is 16.4. The van der Waals surface area contributed by atoms with Crippen LogP contribution in [0.4, 0.5) is 0 Å². The third kappa shape index (κ3) is 1.38. The van der Waals surface area contributed by atoms with Crippen LogP contribution in [0.2, 0.25) is 0 Å². The largest absolute Gasteiger partial charge is 0.504 e. The van der Waals surface area contributed by atoms with Crippen molar-refractivity contribution in [3.8, 4) is 5.75 Å². The fourth-order valence-corrected chi connectivity index (χ4v) is 1.43. The lowest BCUT2D eigenvalue weighted by atomic mass is 10.1. The SMILES string of the molecule is Cc1nc(C(=O)O)c(O)c2ncccc12. The highest BCUT2D eigenvalue weighted by Gasteiger charge is 2.16. The van der Waals surface area contributed by atoms with Gasteiger partial charge in [0, 0.05) is 17.3 Å². The molecule has 0 amide bonds. The summed E-state index contributed by atoms with van der Waals surface area (Å²) in [4.78, 5) is 18.5. The number of aryl methyl sites for hydroxylation is 1. The second-order valence-corrected chi connectivity index (χ2v) is 3.10. The lowest BCUT2D eigenvalue weighted by Crippen LogP contribution is -2.03. The summed E-state index contributed by atoms with van der Waals surface area (Å²) in [6, 6.07) is 3.44. The molecule has 0 atom stereocenters. The van der Waals surface area contributed by atoms with Gasteiger partial charge in [0.25, 0.3) is 0 Å². The Balaban J connectivity index is 2.90. The third-order valence-electron chi connectivity index (χ3n) is 2.13. The third-order valence-corrected chi connectivity index (χ3v) is 2.13. The van der Waals surface area contributed by atoms with E-state index in [-0.39, 0.29) is 17.0 Å². The summed E-state index contributed by atoms with van der Waals surface area (Å²) in [7, 11) is 0. The average molecular weight is 204 g/mol. The minimum absolute atomic E-state index is 0.266. The van der Waals surface area contributed by atoms with E-state index in [9.17, 15) is 9.90 Å². The zero-order valence-corrected chi connectivity index (χ0v) is 7.93. The Labute approximate surface area is 85.0 Å². The lowest BCUT2D eigenvalue weighted by Gasteiger charge is -2.05. The Morgan fingerprint density at radius 1 is 1.47 bits per heavy atom. The first-order valence-corrected chi connectivity index (χ1v) is 4.29. The molecule has 2 aromatic rings. The van der Waals surface area contributed by atoms with Gasteiger partial charge in [0.05, 0.1) is 0 Å². The summed E-state index contributed by atoms with van der Waals surface area (Å²) in [5.41, 5.74) is 0.439. The molecule has 0 radical (unpaired) electrons. The summed E-state index contributed by atoms with van der Waals surface area (Å²) in [5.74, 6) is -1.65. The Kier molecular flexibility index (Phi) is 2.00. The number of hydrogen-bond acceptors (Lipinski definition) is 4. The fraction of sp³-hybridized carbons (Fsp3) is 0.100. The van der Waals surface area contributed by atoms with Crippen molar-refractivity contribution in [2.45, 2.75) is 6.92 Å². The molecular weight excluding hydrogens is 196 g/mol. The second-order valence-electron chi connectivity index (χ2n) is 3.10. The molecule has 0 fully saturated rings. The fourth-order valence-electron chi connectivity index (χ4n) is 1.43. The van der Waals surface area contributed by atoms with Crippen LogP contribution >= 0.6 is 0 Å². The highest BCUT2D eigenvalue weighted by molar-refractivity contribution is 5.97. The van der Waals surface area contributed by atoms with E-state index in [1.165, 1.54) is 6.20 Å². The topological polar surface area (TPSA) is 83.3 Å². The average Bonchev–Trinajstić information content (AvgIpc) is 2.23. The molecule has 2 rings (SSSR count). The number of aromatic hydroxyl groups is 1. The molecule has 76 valence electrons. The molecule has 0 unspecified atom stereocenters. The molecule has 5 nitrogen and oxygen atoms in total. The zero-order valence-electron chi connectivity index (χ0n) is 7.93. The Morgan fingerprint density at radius 3 is 2.87 bits per heavy atom. The van der Waals surface area contributed by atoms with E-state index in [2.05, 4.69) is 9.97 Å². The van der Waals surface area contributed by atoms with E-state index in [0.717, 1.165) is 0 Å². The van der Waals surface area contributed by atoms with Gasteiger partial charge < -0.3 is 10.2 Å². The molecule has 0 aliphatic rings. The predicted molar refractivity (Wildman–Crippen MR) is 52.9 cm³/mol. The number of hydrogen-bond donors (Lipinski definition) is 2. The van der Waals surface area contributed by atoms with E-state index < -0.39 is 5.97 Å². The minimum Gasteiger partial charge on any atom is -0.504 e. The van der Waals surface area contributed by atoms with Gasteiger partial charge in [0.2, 0.25) is 0 Å². The number of aromatic nitrogens is 2. The van der Waals surface area contributed by atoms with Crippen molar-refractivity contribution in [3.63, 3.8) is 0 Å². The first-order chi connectivity index (χ1) is 7.11. The summed E-state index contributed by atoms with van der Waals surface area (Å²) in [5, 5.41) is 19.1. The maximum Gasteiger partial charge on any atom is 0.358 e. The van der Waals surface area contributed by atoms with Gasteiger partial charge in [-0.25, -0.2) is 9.78 Å². The van der Waals surface area contributed by atoms with Crippen LogP contribution in [-0.4, -0.2) is 26.2 Å². The number of aromatic carboxylic acids is 1. The molecule has 0 aliphatic carbocycles. The van der Waals surface area contributed by atoms with Crippen molar-refractivity contribution in [1.29, 1.82) is 0 Å². The number of carbonyl (C=O) groups is 1. The van der Waals surface area contributed by atoms with E-state index in [4.69, 9.17) is 5.11 Å². The van der Waals surface area contributed by atoms with E-state index in [0.29, 0.717) is 11.1 Å². The molecule has 0 aliphatic heterocycles. The first kappa shape index (κ1) is 9.39. The van der Waals surface area contributed by atoms with Gasteiger partial charge in [-0.1, -0.05) is 0 Å². The van der Waals surface area contributed by atoms with Crippen molar-refractivity contribution < 1.29 is 15.0 Å². The van der Waals surface area contributed by atoms with Crippen molar-refractivity contribution in [1.82, 2.24) is 9.97 Å². The number of fused-ring (bicyclic) bond motifs is 1. The van der Waals surface area contributed by atoms with E-state index in [1.54, 1.807) is 19.1 Å². The molecule has 15 heavy (non-hydrogen) atoms. The van der Waals surface area contributed by atoms with Gasteiger partial charge >= 0.3 is 5.97 Å². The smallest absolute Gasteiger partial charge is 0.358 e. The molecule has 5 heteroatoms. The standard InChI is InChI=1S/C10H8N2O3/c1-5-6-3-2-4-11-7(6)9(13)8(12-5)10(14)15/h2-4,13H,1H3,(H,14,15). The van der Waals surface area contributed by atoms with Gasteiger partial charge in [0.15, 0.2) is 11.4 Å². The summed E-state index contributed by atoms with van der Waals surface area (Å²) in [6.07, 6.45) is 1.49. The van der Waals surface area contributed by atoms with Crippen molar-refractivity contribution in [3.05, 3.63) is 29.7 Å². The maximum atomic E-state index is 10.8. The van der Waals surface area contributed by atoms with Crippen LogP contribution in [0.5, 0.6) is 5.75 Å². The van der Waals surface area contributed by atoms with Crippen LogP contribution in [0, 0.1) is 6.92 Å². The van der Waals surface area contributed by atoms with Crippen LogP contribution in [0.15, 0.2) is 18.3 Å². The minimum atomic E-state index is -1.26. The van der Waals surface area contributed by atoms with Crippen LogP contribution in [0.3, 0.4) is 0 Å². The molecule has 0 bridgehead atoms. The molecule has 2 heterocycles. The monoisotopic (exact) mass is 204 g/mol. The van der Waals surface area contributed by atoms with Gasteiger partial charge in [0.1, 0.15) is 5.52 Å². The van der Waals surface area contributed by atoms with Crippen molar-refractivity contribution in [2.24, 2.45) is 0 Å². The quantitative estimate of drug-likeness (QED) is 0.732. The van der Waals surface area contributed by atoms with Crippen LogP contribution in [0.25, 0.3) is 10.9 Å². The molecular formula is C10H8N2O3. The van der Waals surface area contributed by atoms with E-state index >= 15 is 0 Å². The van der Waals surface area contributed by atoms with Crippen molar-refractivity contribution >= 4 is 16.9 Å². The van der Waals surface area contributed by atoms with Crippen molar-refractivity contribution in [2.75, 3.05) is 0 Å². The Morgan fingerprint density at radius 2 is 2.20 bits per heavy atom. The molecule has 0 aromatic carbocycles. The number of pyridine rings is 2. The zero-order chi connectivity index (χ0) is 11.0. The van der Waals surface area contributed by atoms with Gasteiger partial charge in [-0.15, -0.1) is 0 Å². The van der Waals surface area contributed by atoms with Crippen LogP contribution < -0.4 is 0 Å². The molecule has 2 aromatic heterocycles. The van der Waals surface area contributed by atoms with Gasteiger partial charge in [-0.05, 0) is 19.1 Å². The first-order valence-electron chi connectivity index (χ1n) is 4.29. The van der Waals surface area contributed by atoms with E-state index in [1.807, 2.05) is 0 Å². The second kappa shape index (κ2) is 3.20. The Hall–Kier alpha value is -2.17. The normalized spacial score (nSPS) is 10.5. The maximum absolute atomic E-state index is 10.8. The molecule has 0 saturated carbocycles. The number of carboxylic acids is 1. The summed E-state index contributed by atoms with van der Waals surface area (Å²) >= 11 is 0. The van der Waals surface area contributed by atoms with Gasteiger partial charge in [-0.3, -0.25) is 4.98 Å². The number of rotatable bonds is 1. The predicted octanol–water partition coefficient (Wildman–Crippen LogP) is 1.34. The molecule has 0 spiro atoms. The number of nitrogens with zero attached hydrogens (tertiary/aromatic N) is 2. The molecule has 0 saturated heterocycles. The van der Waals surface area contributed by atoms with Crippen LogP contribution in [-0.2, 0) is 0 Å². The van der Waals surface area contributed by atoms with Gasteiger partial charge in [-0.2, -0.15) is 0 Å². The lowest BCUT2D eigenvalue weighted by molar-refractivity contribution is 0.0687. The summed E-state index contributed by atoms with van der Waals surface area (Å²) in [6.45, 7) is 1.68. The number of carboxylic acid groups (broad SMARTS) is 1. The highest BCUT2D eigenvalue weighted by Crippen LogP contribution is 2.26.